The Labute approximate surface area is 173 Å². The highest BCUT2D eigenvalue weighted by atomic mass is 16.5. The average molecular weight is 385 g/mol. The lowest BCUT2D eigenvalue weighted by Gasteiger charge is -2.12. The summed E-state index contributed by atoms with van der Waals surface area (Å²) >= 11 is 0. The van der Waals surface area contributed by atoms with Gasteiger partial charge in [0.05, 0.1) is 13.2 Å². The highest BCUT2D eigenvalue weighted by molar-refractivity contribution is 5.59. The van der Waals surface area contributed by atoms with Crippen LogP contribution in [0.4, 0.5) is 0 Å². The molecule has 0 aromatic heterocycles. The summed E-state index contributed by atoms with van der Waals surface area (Å²) in [6, 6.07) is 5.92. The molecular formula is C26H40O2. The number of hydrogen-bond acceptors (Lipinski definition) is 2. The van der Waals surface area contributed by atoms with E-state index in [1.54, 1.807) is 0 Å². The third kappa shape index (κ3) is 11.1. The van der Waals surface area contributed by atoms with E-state index in [1.807, 2.05) is 36.4 Å². The molecule has 0 fully saturated rings. The maximum atomic E-state index is 9.72. The fraction of sp³-hybridized carbons (Fsp3) is 0.538. The molecule has 0 radical (unpaired) electrons. The second-order valence-electron chi connectivity index (χ2n) is 7.27. The van der Waals surface area contributed by atoms with Crippen molar-refractivity contribution < 1.29 is 9.84 Å². The van der Waals surface area contributed by atoms with Gasteiger partial charge in [-0.25, -0.2) is 0 Å². The monoisotopic (exact) mass is 384 g/mol. The van der Waals surface area contributed by atoms with E-state index >= 15 is 0 Å². The Balaban J connectivity index is 2.34. The fourth-order valence-corrected chi connectivity index (χ4v) is 3.05. The van der Waals surface area contributed by atoms with Gasteiger partial charge in [-0.15, -0.1) is 0 Å². The van der Waals surface area contributed by atoms with Crippen LogP contribution in [-0.2, 0) is 6.61 Å². The van der Waals surface area contributed by atoms with Crippen molar-refractivity contribution in [2.75, 3.05) is 6.61 Å². The van der Waals surface area contributed by atoms with Gasteiger partial charge >= 0.3 is 0 Å². The van der Waals surface area contributed by atoms with Crippen LogP contribution in [0.15, 0.2) is 48.6 Å². The van der Waals surface area contributed by atoms with E-state index in [0.29, 0.717) is 6.61 Å². The number of aliphatic hydroxyl groups excluding tert-OH is 1. The molecule has 0 atom stereocenters. The SMILES string of the molecule is CCCCCCCCCC=CC=CC=Cc1cccc(OCCCC)c1CO. The first kappa shape index (κ1) is 24.2. The van der Waals surface area contributed by atoms with Crippen LogP contribution < -0.4 is 4.74 Å². The summed E-state index contributed by atoms with van der Waals surface area (Å²) < 4.78 is 5.80. The van der Waals surface area contributed by atoms with Gasteiger partial charge in [-0.1, -0.05) is 107 Å². The van der Waals surface area contributed by atoms with Crippen LogP contribution >= 0.6 is 0 Å². The zero-order valence-electron chi connectivity index (χ0n) is 18.0. The number of rotatable bonds is 16. The first-order valence-corrected chi connectivity index (χ1v) is 11.2. The summed E-state index contributed by atoms with van der Waals surface area (Å²) in [5.74, 6) is 0.789. The summed E-state index contributed by atoms with van der Waals surface area (Å²) in [6.07, 6.45) is 25.3. The first-order valence-electron chi connectivity index (χ1n) is 11.2. The zero-order valence-corrected chi connectivity index (χ0v) is 18.0. The molecule has 0 aliphatic rings. The van der Waals surface area contributed by atoms with Crippen LogP contribution in [0.1, 0.15) is 89.2 Å². The zero-order chi connectivity index (χ0) is 20.3. The van der Waals surface area contributed by atoms with Crippen LogP contribution in [0.3, 0.4) is 0 Å². The van der Waals surface area contributed by atoms with Gasteiger partial charge in [0.2, 0.25) is 0 Å². The minimum Gasteiger partial charge on any atom is -0.493 e. The Kier molecular flexibility index (Phi) is 15.0. The maximum Gasteiger partial charge on any atom is 0.125 e. The Bertz CT molecular complexity index is 584. The Morgan fingerprint density at radius 1 is 0.821 bits per heavy atom. The standard InChI is InChI=1S/C26H40O2/c1-3-5-7-8-9-10-11-12-13-14-15-16-17-19-24-20-18-21-26(25(24)23-27)28-22-6-4-2/h13-21,27H,3-12,22-23H2,1-2H3. The van der Waals surface area contributed by atoms with E-state index in [1.165, 1.54) is 44.9 Å². The molecule has 1 aromatic rings. The minimum absolute atomic E-state index is 0.00989. The lowest BCUT2D eigenvalue weighted by atomic mass is 10.1. The Hall–Kier alpha value is -1.80. The van der Waals surface area contributed by atoms with Gasteiger partial charge in [-0.3, -0.25) is 0 Å². The quantitative estimate of drug-likeness (QED) is 0.234. The molecule has 0 spiro atoms. The molecule has 1 aromatic carbocycles. The summed E-state index contributed by atoms with van der Waals surface area (Å²) in [4.78, 5) is 0. The molecule has 1 N–H and O–H groups in total. The predicted octanol–water partition coefficient (Wildman–Crippen LogP) is 7.62. The molecule has 156 valence electrons. The van der Waals surface area contributed by atoms with Crippen molar-refractivity contribution in [2.24, 2.45) is 0 Å². The van der Waals surface area contributed by atoms with E-state index in [2.05, 4.69) is 32.1 Å². The lowest BCUT2D eigenvalue weighted by molar-refractivity contribution is 0.260. The van der Waals surface area contributed by atoms with E-state index < -0.39 is 0 Å². The molecule has 2 heteroatoms. The van der Waals surface area contributed by atoms with E-state index in [0.717, 1.165) is 36.1 Å². The molecule has 0 saturated heterocycles. The highest BCUT2D eigenvalue weighted by Gasteiger charge is 2.06. The molecular weight excluding hydrogens is 344 g/mol. The summed E-state index contributed by atoms with van der Waals surface area (Å²) in [5.41, 5.74) is 1.87. The molecule has 0 heterocycles. The van der Waals surface area contributed by atoms with Crippen LogP contribution in [0, 0.1) is 0 Å². The Morgan fingerprint density at radius 2 is 1.54 bits per heavy atom. The van der Waals surface area contributed by atoms with Gasteiger partial charge in [0.15, 0.2) is 0 Å². The first-order chi connectivity index (χ1) is 13.8. The van der Waals surface area contributed by atoms with Gasteiger partial charge in [0.1, 0.15) is 5.75 Å². The highest BCUT2D eigenvalue weighted by Crippen LogP contribution is 2.24. The normalized spacial score (nSPS) is 12.0. The third-order valence-corrected chi connectivity index (χ3v) is 4.80. The van der Waals surface area contributed by atoms with Crippen molar-refractivity contribution >= 4 is 6.08 Å². The van der Waals surface area contributed by atoms with Crippen molar-refractivity contribution in [3.63, 3.8) is 0 Å². The number of allylic oxidation sites excluding steroid dienone is 5. The van der Waals surface area contributed by atoms with Crippen molar-refractivity contribution in [1.29, 1.82) is 0 Å². The lowest BCUT2D eigenvalue weighted by Crippen LogP contribution is -2.01. The molecule has 2 nitrogen and oxygen atoms in total. The van der Waals surface area contributed by atoms with E-state index in [-0.39, 0.29) is 6.61 Å². The predicted molar refractivity (Wildman–Crippen MR) is 123 cm³/mol. The maximum absolute atomic E-state index is 9.72. The third-order valence-electron chi connectivity index (χ3n) is 4.80. The second kappa shape index (κ2) is 17.3. The van der Waals surface area contributed by atoms with Crippen molar-refractivity contribution in [1.82, 2.24) is 0 Å². The molecule has 28 heavy (non-hydrogen) atoms. The Morgan fingerprint density at radius 3 is 2.29 bits per heavy atom. The molecule has 0 aliphatic heterocycles. The molecule has 0 unspecified atom stereocenters. The van der Waals surface area contributed by atoms with Crippen LogP contribution in [0.2, 0.25) is 0 Å². The van der Waals surface area contributed by atoms with Gasteiger partial charge < -0.3 is 9.84 Å². The van der Waals surface area contributed by atoms with Crippen molar-refractivity contribution in [2.45, 2.75) is 84.7 Å². The number of benzene rings is 1. The molecule has 1 rings (SSSR count). The van der Waals surface area contributed by atoms with Crippen molar-refractivity contribution in [3.8, 4) is 5.75 Å². The van der Waals surface area contributed by atoms with Crippen LogP contribution in [-0.4, -0.2) is 11.7 Å². The largest absolute Gasteiger partial charge is 0.493 e. The second-order valence-corrected chi connectivity index (χ2v) is 7.27. The topological polar surface area (TPSA) is 29.5 Å². The molecule has 0 amide bonds. The fourth-order valence-electron chi connectivity index (χ4n) is 3.05. The number of ether oxygens (including phenoxy) is 1. The van der Waals surface area contributed by atoms with Crippen molar-refractivity contribution in [3.05, 3.63) is 59.7 Å². The number of hydrogen-bond donors (Lipinski definition) is 1. The van der Waals surface area contributed by atoms with Gasteiger partial charge in [-0.2, -0.15) is 0 Å². The molecule has 0 saturated carbocycles. The molecule has 0 bridgehead atoms. The number of unbranched alkanes of at least 4 members (excludes halogenated alkanes) is 8. The average Bonchev–Trinajstić information content (AvgIpc) is 2.71. The summed E-state index contributed by atoms with van der Waals surface area (Å²) in [7, 11) is 0. The summed E-state index contributed by atoms with van der Waals surface area (Å²) in [5, 5.41) is 9.72. The van der Waals surface area contributed by atoms with Gasteiger partial charge in [-0.05, 0) is 30.9 Å². The minimum atomic E-state index is -0.00989. The van der Waals surface area contributed by atoms with Crippen LogP contribution in [0.25, 0.3) is 6.08 Å². The van der Waals surface area contributed by atoms with E-state index in [4.69, 9.17) is 4.74 Å². The number of aliphatic hydroxyl groups is 1. The molecule has 0 aliphatic carbocycles. The van der Waals surface area contributed by atoms with Crippen LogP contribution in [0.5, 0.6) is 5.75 Å². The summed E-state index contributed by atoms with van der Waals surface area (Å²) in [6.45, 7) is 5.09. The van der Waals surface area contributed by atoms with Gasteiger partial charge in [0, 0.05) is 5.56 Å². The smallest absolute Gasteiger partial charge is 0.125 e. The van der Waals surface area contributed by atoms with E-state index in [9.17, 15) is 5.11 Å². The van der Waals surface area contributed by atoms with Gasteiger partial charge in [0.25, 0.3) is 0 Å².